The summed E-state index contributed by atoms with van der Waals surface area (Å²) in [5.41, 5.74) is 7.01. The van der Waals surface area contributed by atoms with Crippen LogP contribution in [0.25, 0.3) is 0 Å². The maximum Gasteiger partial charge on any atom is 0.239 e. The van der Waals surface area contributed by atoms with E-state index in [0.717, 1.165) is 11.1 Å². The van der Waals surface area contributed by atoms with Crippen LogP contribution in [0, 0.1) is 5.82 Å². The molecule has 2 aromatic rings. The van der Waals surface area contributed by atoms with E-state index in [-0.39, 0.29) is 11.9 Å². The molecular formula is C16H17FN2O. The third-order valence-electron chi connectivity index (χ3n) is 3.18. The van der Waals surface area contributed by atoms with Gasteiger partial charge in [-0.05, 0) is 30.2 Å². The SMILES string of the molecule is CC(NC(C(N)=O)c1ccccc1)c1cccc(F)c1. The van der Waals surface area contributed by atoms with Gasteiger partial charge in [0.2, 0.25) is 5.91 Å². The Hall–Kier alpha value is -2.20. The molecule has 2 rings (SSSR count). The number of primary amides is 1. The first kappa shape index (κ1) is 14.2. The lowest BCUT2D eigenvalue weighted by Gasteiger charge is -2.21. The van der Waals surface area contributed by atoms with Crippen LogP contribution in [0.15, 0.2) is 54.6 Å². The smallest absolute Gasteiger partial charge is 0.239 e. The molecule has 0 aliphatic heterocycles. The van der Waals surface area contributed by atoms with E-state index >= 15 is 0 Å². The fraction of sp³-hybridized carbons (Fsp3) is 0.188. The van der Waals surface area contributed by atoms with Crippen molar-refractivity contribution < 1.29 is 9.18 Å². The Balaban J connectivity index is 2.19. The number of benzene rings is 2. The first-order valence-corrected chi connectivity index (χ1v) is 6.43. The lowest BCUT2D eigenvalue weighted by atomic mass is 10.0. The number of hydrogen-bond acceptors (Lipinski definition) is 2. The normalized spacial score (nSPS) is 13.7. The third kappa shape index (κ3) is 3.42. The molecule has 20 heavy (non-hydrogen) atoms. The van der Waals surface area contributed by atoms with Crippen molar-refractivity contribution in [1.29, 1.82) is 0 Å². The summed E-state index contributed by atoms with van der Waals surface area (Å²) >= 11 is 0. The van der Waals surface area contributed by atoms with Crippen molar-refractivity contribution in [2.75, 3.05) is 0 Å². The zero-order valence-corrected chi connectivity index (χ0v) is 11.2. The lowest BCUT2D eigenvalue weighted by molar-refractivity contribution is -0.120. The van der Waals surface area contributed by atoms with Gasteiger partial charge in [0.25, 0.3) is 0 Å². The molecule has 104 valence electrons. The summed E-state index contributed by atoms with van der Waals surface area (Å²) < 4.78 is 13.2. The lowest BCUT2D eigenvalue weighted by Crippen LogP contribution is -2.35. The van der Waals surface area contributed by atoms with Gasteiger partial charge in [0, 0.05) is 6.04 Å². The molecule has 2 unspecified atom stereocenters. The predicted octanol–water partition coefficient (Wildman–Crippen LogP) is 2.70. The molecule has 3 N–H and O–H groups in total. The number of carbonyl (C=O) groups is 1. The molecule has 4 heteroatoms. The Bertz CT molecular complexity index is 586. The molecule has 3 nitrogen and oxygen atoms in total. The number of nitrogens with one attached hydrogen (secondary N) is 1. The van der Waals surface area contributed by atoms with Crippen molar-refractivity contribution in [2.45, 2.75) is 19.0 Å². The summed E-state index contributed by atoms with van der Waals surface area (Å²) in [6, 6.07) is 14.7. The molecule has 1 amide bonds. The highest BCUT2D eigenvalue weighted by atomic mass is 19.1. The van der Waals surface area contributed by atoms with Gasteiger partial charge in [0.1, 0.15) is 11.9 Å². The van der Waals surface area contributed by atoms with E-state index in [2.05, 4.69) is 5.32 Å². The molecule has 2 aromatic carbocycles. The fourth-order valence-electron chi connectivity index (χ4n) is 2.11. The first-order chi connectivity index (χ1) is 9.58. The van der Waals surface area contributed by atoms with E-state index in [1.165, 1.54) is 12.1 Å². The quantitative estimate of drug-likeness (QED) is 0.879. The molecule has 0 saturated heterocycles. The van der Waals surface area contributed by atoms with Gasteiger partial charge in [-0.15, -0.1) is 0 Å². The zero-order valence-electron chi connectivity index (χ0n) is 11.2. The van der Waals surface area contributed by atoms with E-state index in [0.29, 0.717) is 0 Å². The van der Waals surface area contributed by atoms with Crippen molar-refractivity contribution in [3.8, 4) is 0 Å². The van der Waals surface area contributed by atoms with E-state index < -0.39 is 11.9 Å². The number of hydrogen-bond donors (Lipinski definition) is 2. The third-order valence-corrected chi connectivity index (χ3v) is 3.18. The second kappa shape index (κ2) is 6.30. The van der Waals surface area contributed by atoms with E-state index in [1.54, 1.807) is 6.07 Å². The van der Waals surface area contributed by atoms with Gasteiger partial charge in [-0.2, -0.15) is 0 Å². The second-order valence-corrected chi connectivity index (χ2v) is 4.69. The minimum Gasteiger partial charge on any atom is -0.368 e. The van der Waals surface area contributed by atoms with Gasteiger partial charge in [0.15, 0.2) is 0 Å². The molecule has 0 fully saturated rings. The van der Waals surface area contributed by atoms with E-state index in [4.69, 9.17) is 5.73 Å². The van der Waals surface area contributed by atoms with Gasteiger partial charge in [-0.25, -0.2) is 4.39 Å². The molecule has 0 bridgehead atoms. The van der Waals surface area contributed by atoms with Crippen molar-refractivity contribution >= 4 is 5.91 Å². The van der Waals surface area contributed by atoms with Crippen molar-refractivity contribution in [3.05, 3.63) is 71.5 Å². The topological polar surface area (TPSA) is 55.1 Å². The Kier molecular flexibility index (Phi) is 4.48. The molecule has 0 spiro atoms. The van der Waals surface area contributed by atoms with E-state index in [1.807, 2.05) is 43.3 Å². The Labute approximate surface area is 117 Å². The van der Waals surface area contributed by atoms with Crippen molar-refractivity contribution in [2.24, 2.45) is 5.73 Å². The highest BCUT2D eigenvalue weighted by Gasteiger charge is 2.20. The summed E-state index contributed by atoms with van der Waals surface area (Å²) in [7, 11) is 0. The van der Waals surface area contributed by atoms with Gasteiger partial charge in [0.05, 0.1) is 0 Å². The number of carbonyl (C=O) groups excluding carboxylic acids is 1. The highest BCUT2D eigenvalue weighted by molar-refractivity contribution is 5.81. The van der Waals surface area contributed by atoms with Crippen LogP contribution in [-0.2, 0) is 4.79 Å². The molecule has 0 radical (unpaired) electrons. The average molecular weight is 272 g/mol. The van der Waals surface area contributed by atoms with Crippen LogP contribution < -0.4 is 11.1 Å². The second-order valence-electron chi connectivity index (χ2n) is 4.69. The van der Waals surface area contributed by atoms with Crippen LogP contribution in [0.2, 0.25) is 0 Å². The minimum absolute atomic E-state index is 0.191. The van der Waals surface area contributed by atoms with Crippen LogP contribution in [-0.4, -0.2) is 5.91 Å². The zero-order chi connectivity index (χ0) is 14.5. The van der Waals surface area contributed by atoms with E-state index in [9.17, 15) is 9.18 Å². The van der Waals surface area contributed by atoms with Gasteiger partial charge in [-0.1, -0.05) is 42.5 Å². The Morgan fingerprint density at radius 2 is 1.75 bits per heavy atom. The highest BCUT2D eigenvalue weighted by Crippen LogP contribution is 2.20. The Morgan fingerprint density at radius 1 is 1.10 bits per heavy atom. The van der Waals surface area contributed by atoms with Crippen LogP contribution in [0.1, 0.15) is 30.1 Å². The first-order valence-electron chi connectivity index (χ1n) is 6.43. The van der Waals surface area contributed by atoms with Crippen molar-refractivity contribution in [1.82, 2.24) is 5.32 Å². The van der Waals surface area contributed by atoms with Crippen LogP contribution in [0.5, 0.6) is 0 Å². The van der Waals surface area contributed by atoms with Crippen molar-refractivity contribution in [3.63, 3.8) is 0 Å². The summed E-state index contributed by atoms with van der Waals surface area (Å²) in [5.74, 6) is -0.758. The molecule has 0 aliphatic carbocycles. The molecule has 0 aliphatic rings. The molecule has 2 atom stereocenters. The summed E-state index contributed by atoms with van der Waals surface area (Å²) in [6.07, 6.45) is 0. The number of amides is 1. The maximum atomic E-state index is 13.2. The largest absolute Gasteiger partial charge is 0.368 e. The summed E-state index contributed by atoms with van der Waals surface area (Å²) in [6.45, 7) is 1.87. The molecule has 0 aromatic heterocycles. The van der Waals surface area contributed by atoms with Gasteiger partial charge in [-0.3, -0.25) is 10.1 Å². The monoisotopic (exact) mass is 272 g/mol. The van der Waals surface area contributed by atoms with Crippen LogP contribution in [0.3, 0.4) is 0 Å². The number of halogens is 1. The summed E-state index contributed by atoms with van der Waals surface area (Å²) in [5, 5.41) is 3.14. The van der Waals surface area contributed by atoms with Crippen LogP contribution >= 0.6 is 0 Å². The van der Waals surface area contributed by atoms with Crippen LogP contribution in [0.4, 0.5) is 4.39 Å². The number of rotatable bonds is 5. The summed E-state index contributed by atoms with van der Waals surface area (Å²) in [4.78, 5) is 11.6. The number of nitrogens with two attached hydrogens (primary N) is 1. The average Bonchev–Trinajstić information content (AvgIpc) is 2.45. The molecule has 0 saturated carbocycles. The predicted molar refractivity (Wildman–Crippen MR) is 76.3 cm³/mol. The fourth-order valence-corrected chi connectivity index (χ4v) is 2.11. The molecule has 0 heterocycles. The minimum atomic E-state index is -0.602. The van der Waals surface area contributed by atoms with Gasteiger partial charge < -0.3 is 5.73 Å². The molecular weight excluding hydrogens is 255 g/mol. The maximum absolute atomic E-state index is 13.2. The standard InChI is InChI=1S/C16H17FN2O/c1-11(13-8-5-9-14(17)10-13)19-15(16(18)20)12-6-3-2-4-7-12/h2-11,15,19H,1H3,(H2,18,20). The van der Waals surface area contributed by atoms with Gasteiger partial charge >= 0.3 is 0 Å². The Morgan fingerprint density at radius 3 is 2.35 bits per heavy atom.